The van der Waals surface area contributed by atoms with Crippen molar-refractivity contribution in [3.8, 4) is 11.2 Å². The predicted molar refractivity (Wildman–Crippen MR) is 56.1 cm³/mol. The fraction of sp³-hybridized carbons (Fsp3) is 0.125. The number of benzene rings is 1. The van der Waals surface area contributed by atoms with Crippen molar-refractivity contribution in [1.82, 2.24) is 0 Å². The fourth-order valence-corrected chi connectivity index (χ4v) is 1.22. The third-order valence-corrected chi connectivity index (χ3v) is 1.95. The summed E-state index contributed by atoms with van der Waals surface area (Å²) in [6, 6.07) is 5.24. The Morgan fingerprint density at radius 2 is 2.23 bits per heavy atom. The number of rotatable bonds is 2. The van der Waals surface area contributed by atoms with Crippen molar-refractivity contribution in [2.24, 2.45) is 0 Å². The van der Waals surface area contributed by atoms with Crippen LogP contribution in [0.2, 0.25) is 0 Å². The van der Waals surface area contributed by atoms with Gasteiger partial charge in [0, 0.05) is 4.90 Å². The van der Waals surface area contributed by atoms with Gasteiger partial charge in [-0.1, -0.05) is 0 Å². The van der Waals surface area contributed by atoms with Gasteiger partial charge in [0.15, 0.2) is 0 Å². The van der Waals surface area contributed by atoms with Gasteiger partial charge in [0.1, 0.15) is 11.2 Å². The third-order valence-electron chi connectivity index (χ3n) is 1.37. The van der Waals surface area contributed by atoms with Crippen molar-refractivity contribution in [2.75, 3.05) is 12.8 Å². The minimum absolute atomic E-state index is 0. The van der Waals surface area contributed by atoms with E-state index in [4.69, 9.17) is 15.7 Å². The first-order valence-electron chi connectivity index (χ1n) is 3.27. The molecule has 1 rings (SSSR count). The molecule has 2 N–H and O–H groups in total. The molecule has 0 unspecified atom stereocenters. The standard InChI is InChI=1S/C8H8N2OS.ClH/c1-11-8-4-6(12-5-9)2-3-7(8)10;/h2-4H,10H2,1H3;1H. The molecule has 5 heteroatoms. The molecule has 0 aliphatic heterocycles. The molecule has 0 aliphatic carbocycles. The van der Waals surface area contributed by atoms with Crippen LogP contribution in [-0.4, -0.2) is 7.11 Å². The highest BCUT2D eigenvalue weighted by atomic mass is 35.5. The van der Waals surface area contributed by atoms with Gasteiger partial charge >= 0.3 is 0 Å². The maximum atomic E-state index is 8.39. The molecule has 0 heterocycles. The summed E-state index contributed by atoms with van der Waals surface area (Å²) in [5, 5.41) is 10.4. The average Bonchev–Trinajstić information content (AvgIpc) is 2.09. The van der Waals surface area contributed by atoms with Crippen LogP contribution in [0.5, 0.6) is 5.75 Å². The lowest BCUT2D eigenvalue weighted by Gasteiger charge is -2.04. The van der Waals surface area contributed by atoms with E-state index in [1.807, 2.05) is 5.40 Å². The number of halogens is 1. The molecule has 0 spiro atoms. The highest BCUT2D eigenvalue weighted by molar-refractivity contribution is 8.03. The zero-order chi connectivity index (χ0) is 8.97. The van der Waals surface area contributed by atoms with Crippen molar-refractivity contribution >= 4 is 29.9 Å². The van der Waals surface area contributed by atoms with Crippen molar-refractivity contribution in [2.45, 2.75) is 4.90 Å². The van der Waals surface area contributed by atoms with E-state index in [0.717, 1.165) is 16.7 Å². The van der Waals surface area contributed by atoms with Crippen LogP contribution in [0.4, 0.5) is 5.69 Å². The van der Waals surface area contributed by atoms with Gasteiger partial charge in [-0.15, -0.1) is 12.4 Å². The molecular formula is C8H9ClN2OS. The lowest BCUT2D eigenvalue weighted by Crippen LogP contribution is -1.91. The molecule has 0 saturated heterocycles. The van der Waals surface area contributed by atoms with Crippen LogP contribution in [0.15, 0.2) is 23.1 Å². The summed E-state index contributed by atoms with van der Waals surface area (Å²) in [6.45, 7) is 0. The molecular weight excluding hydrogens is 208 g/mol. The van der Waals surface area contributed by atoms with Gasteiger partial charge in [0.05, 0.1) is 12.8 Å². The Hall–Kier alpha value is -1.05. The molecule has 70 valence electrons. The van der Waals surface area contributed by atoms with Crippen molar-refractivity contribution in [1.29, 1.82) is 5.26 Å². The minimum atomic E-state index is 0. The van der Waals surface area contributed by atoms with E-state index >= 15 is 0 Å². The summed E-state index contributed by atoms with van der Waals surface area (Å²) in [4.78, 5) is 0.837. The Morgan fingerprint density at radius 3 is 2.77 bits per heavy atom. The molecule has 0 atom stereocenters. The van der Waals surface area contributed by atoms with Crippen LogP contribution in [0.1, 0.15) is 0 Å². The quantitative estimate of drug-likeness (QED) is 0.468. The van der Waals surface area contributed by atoms with E-state index in [1.54, 1.807) is 25.3 Å². The van der Waals surface area contributed by atoms with E-state index in [2.05, 4.69) is 0 Å². The second-order valence-corrected chi connectivity index (χ2v) is 2.96. The number of nitrogen functional groups attached to an aromatic ring is 1. The van der Waals surface area contributed by atoms with Gasteiger partial charge in [0.25, 0.3) is 0 Å². The smallest absolute Gasteiger partial charge is 0.142 e. The molecule has 0 aliphatic rings. The first-order valence-corrected chi connectivity index (χ1v) is 4.09. The van der Waals surface area contributed by atoms with Crippen LogP contribution in [0.25, 0.3) is 0 Å². The second-order valence-electron chi connectivity index (χ2n) is 2.10. The van der Waals surface area contributed by atoms with Gasteiger partial charge in [-0.2, -0.15) is 5.26 Å². The number of methoxy groups -OCH3 is 1. The van der Waals surface area contributed by atoms with E-state index in [9.17, 15) is 0 Å². The third kappa shape index (κ3) is 3.05. The lowest BCUT2D eigenvalue weighted by molar-refractivity contribution is 0.416. The van der Waals surface area contributed by atoms with E-state index in [1.165, 1.54) is 0 Å². The van der Waals surface area contributed by atoms with E-state index < -0.39 is 0 Å². The molecule has 0 aromatic heterocycles. The Bertz CT molecular complexity index is 324. The summed E-state index contributed by atoms with van der Waals surface area (Å²) >= 11 is 1.08. The first-order chi connectivity index (χ1) is 5.77. The molecule has 0 radical (unpaired) electrons. The summed E-state index contributed by atoms with van der Waals surface area (Å²) in [5.74, 6) is 0.607. The summed E-state index contributed by atoms with van der Waals surface area (Å²) in [7, 11) is 1.55. The first kappa shape index (κ1) is 11.9. The normalized spacial score (nSPS) is 8.31. The average molecular weight is 217 g/mol. The Morgan fingerprint density at radius 1 is 1.54 bits per heavy atom. The Labute approximate surface area is 87.3 Å². The van der Waals surface area contributed by atoms with Crippen molar-refractivity contribution in [3.05, 3.63) is 18.2 Å². The number of nitrogens with two attached hydrogens (primary N) is 1. The van der Waals surface area contributed by atoms with E-state index in [-0.39, 0.29) is 12.4 Å². The van der Waals surface area contributed by atoms with Gasteiger partial charge in [0.2, 0.25) is 0 Å². The molecule has 3 nitrogen and oxygen atoms in total. The minimum Gasteiger partial charge on any atom is -0.495 e. The zero-order valence-corrected chi connectivity index (χ0v) is 8.61. The highest BCUT2D eigenvalue weighted by Gasteiger charge is 2.00. The van der Waals surface area contributed by atoms with Crippen LogP contribution in [0, 0.1) is 10.7 Å². The number of hydrogen-bond acceptors (Lipinski definition) is 4. The molecule has 0 bridgehead atoms. The van der Waals surface area contributed by atoms with Crippen LogP contribution < -0.4 is 10.5 Å². The van der Waals surface area contributed by atoms with Gasteiger partial charge in [-0.3, -0.25) is 0 Å². The second kappa shape index (κ2) is 5.57. The summed E-state index contributed by atoms with van der Waals surface area (Å²) in [6.07, 6.45) is 0. The Kier molecular flexibility index (Phi) is 5.12. The van der Waals surface area contributed by atoms with Crippen LogP contribution in [0.3, 0.4) is 0 Å². The summed E-state index contributed by atoms with van der Waals surface area (Å²) in [5.41, 5.74) is 6.16. The zero-order valence-electron chi connectivity index (χ0n) is 6.98. The maximum Gasteiger partial charge on any atom is 0.142 e. The fourth-order valence-electron chi connectivity index (χ4n) is 0.808. The van der Waals surface area contributed by atoms with Gasteiger partial charge in [-0.05, 0) is 30.0 Å². The monoisotopic (exact) mass is 216 g/mol. The molecule has 0 fully saturated rings. The van der Waals surface area contributed by atoms with Crippen LogP contribution in [-0.2, 0) is 0 Å². The van der Waals surface area contributed by atoms with Crippen LogP contribution >= 0.6 is 24.2 Å². The molecule has 1 aromatic rings. The number of hydrogen-bond donors (Lipinski definition) is 1. The number of ether oxygens (including phenoxy) is 1. The number of anilines is 1. The number of nitrogens with zero attached hydrogens (tertiary/aromatic N) is 1. The maximum absolute atomic E-state index is 8.39. The lowest BCUT2D eigenvalue weighted by atomic mass is 10.3. The number of thioether (sulfide) groups is 1. The number of thiocyanates is 1. The van der Waals surface area contributed by atoms with Gasteiger partial charge < -0.3 is 10.5 Å². The van der Waals surface area contributed by atoms with Gasteiger partial charge in [-0.25, -0.2) is 0 Å². The van der Waals surface area contributed by atoms with Crippen molar-refractivity contribution < 1.29 is 4.74 Å². The summed E-state index contributed by atoms with van der Waals surface area (Å²) < 4.78 is 4.98. The molecule has 0 saturated carbocycles. The largest absolute Gasteiger partial charge is 0.495 e. The topological polar surface area (TPSA) is 59.0 Å². The number of nitriles is 1. The van der Waals surface area contributed by atoms with E-state index in [0.29, 0.717) is 11.4 Å². The molecule has 0 amide bonds. The molecule has 13 heavy (non-hydrogen) atoms. The Balaban J connectivity index is 0.00000144. The predicted octanol–water partition coefficient (Wildman–Crippen LogP) is 2.27. The van der Waals surface area contributed by atoms with Crippen molar-refractivity contribution in [3.63, 3.8) is 0 Å². The SMILES string of the molecule is COc1cc(SC#N)ccc1N.Cl. The highest BCUT2D eigenvalue weighted by Crippen LogP contribution is 2.27. The molecule has 1 aromatic carbocycles.